The number of hydrogen-bond donors (Lipinski definition) is 0. The van der Waals surface area contributed by atoms with Gasteiger partial charge in [-0.15, -0.1) is 0 Å². The molecule has 2 heterocycles. The summed E-state index contributed by atoms with van der Waals surface area (Å²) in [6, 6.07) is 5.28. The summed E-state index contributed by atoms with van der Waals surface area (Å²) in [6.45, 7) is -1.26. The van der Waals surface area contributed by atoms with Gasteiger partial charge in [0.15, 0.2) is 0 Å². The first-order chi connectivity index (χ1) is 9.38. The van der Waals surface area contributed by atoms with Gasteiger partial charge in [0.05, 0.1) is 0 Å². The first kappa shape index (κ1) is 13.0. The lowest BCUT2D eigenvalue weighted by atomic mass is 9.93. The number of carbonyl (C=O) groups is 2. The number of imide groups is 1. The molecule has 0 radical (unpaired) electrons. The Kier molecular flexibility index (Phi) is 2.74. The number of amides is 3. The molecule has 1 aromatic rings. The smallest absolute Gasteiger partial charge is 0.308 e. The van der Waals surface area contributed by atoms with Crippen molar-refractivity contribution in [3.05, 3.63) is 35.4 Å². The largest absolute Gasteiger partial charge is 0.406 e. The Labute approximate surface area is 112 Å². The van der Waals surface area contributed by atoms with Crippen LogP contribution < -0.4 is 0 Å². The lowest BCUT2D eigenvalue weighted by Gasteiger charge is -2.28. The molecule has 3 rings (SSSR count). The molecule has 0 spiro atoms. The number of rotatable bonds is 1. The van der Waals surface area contributed by atoms with Crippen LogP contribution in [0.2, 0.25) is 0 Å². The molecule has 1 aromatic carbocycles. The maximum Gasteiger partial charge on any atom is 0.406 e. The van der Waals surface area contributed by atoms with E-state index in [1.807, 2.05) is 12.1 Å². The van der Waals surface area contributed by atoms with Crippen molar-refractivity contribution in [3.63, 3.8) is 0 Å². The summed E-state index contributed by atoms with van der Waals surface area (Å²) >= 11 is 0. The van der Waals surface area contributed by atoms with Crippen molar-refractivity contribution in [2.75, 3.05) is 13.1 Å². The fourth-order valence-electron chi connectivity index (χ4n) is 2.76. The number of alkyl halides is 3. The second-order valence-electron chi connectivity index (χ2n) is 4.87. The first-order valence-corrected chi connectivity index (χ1v) is 6.15. The van der Waals surface area contributed by atoms with E-state index in [9.17, 15) is 22.8 Å². The minimum atomic E-state index is -4.58. The van der Waals surface area contributed by atoms with Gasteiger partial charge in [0.25, 0.3) is 5.91 Å². The predicted octanol–water partition coefficient (Wildman–Crippen LogP) is 2.11. The van der Waals surface area contributed by atoms with Gasteiger partial charge in [0.1, 0.15) is 12.6 Å². The van der Waals surface area contributed by atoms with E-state index >= 15 is 0 Å². The van der Waals surface area contributed by atoms with E-state index < -0.39 is 30.7 Å². The van der Waals surface area contributed by atoms with Gasteiger partial charge in [0.2, 0.25) is 0 Å². The molecule has 1 saturated heterocycles. The zero-order valence-electron chi connectivity index (χ0n) is 10.4. The second kappa shape index (κ2) is 4.22. The van der Waals surface area contributed by atoms with Crippen LogP contribution in [-0.4, -0.2) is 41.0 Å². The molecule has 1 unspecified atom stereocenters. The van der Waals surface area contributed by atoms with Crippen LogP contribution in [0.4, 0.5) is 18.0 Å². The Balaban J connectivity index is 1.97. The van der Waals surface area contributed by atoms with Crippen molar-refractivity contribution >= 4 is 11.9 Å². The van der Waals surface area contributed by atoms with E-state index in [4.69, 9.17) is 0 Å². The fourth-order valence-corrected chi connectivity index (χ4v) is 2.76. The molecule has 0 N–H and O–H groups in total. The highest BCUT2D eigenvalue weighted by molar-refractivity contribution is 6.05. The molecule has 4 nitrogen and oxygen atoms in total. The van der Waals surface area contributed by atoms with E-state index in [1.165, 1.54) is 4.90 Å². The van der Waals surface area contributed by atoms with Crippen LogP contribution in [-0.2, 0) is 11.2 Å². The van der Waals surface area contributed by atoms with Crippen LogP contribution in [0.1, 0.15) is 17.2 Å². The van der Waals surface area contributed by atoms with Crippen molar-refractivity contribution < 1.29 is 22.8 Å². The zero-order chi connectivity index (χ0) is 14.5. The third-order valence-corrected chi connectivity index (χ3v) is 3.60. The molecule has 20 heavy (non-hydrogen) atoms. The van der Waals surface area contributed by atoms with E-state index in [2.05, 4.69) is 0 Å². The Morgan fingerprint density at radius 1 is 1.20 bits per heavy atom. The molecule has 2 aliphatic rings. The topological polar surface area (TPSA) is 40.6 Å². The summed E-state index contributed by atoms with van der Waals surface area (Å²) < 4.78 is 37.4. The SMILES string of the molecule is O=C1C2c3ccccc3CCN2C(=O)N1CC(F)(F)F. The van der Waals surface area contributed by atoms with E-state index in [1.54, 1.807) is 12.1 Å². The number of hydrogen-bond acceptors (Lipinski definition) is 2. The van der Waals surface area contributed by atoms with Crippen molar-refractivity contribution in [2.24, 2.45) is 0 Å². The Bertz CT molecular complexity index is 585. The molecule has 0 bridgehead atoms. The molecule has 0 aromatic heterocycles. The highest BCUT2D eigenvalue weighted by atomic mass is 19.4. The summed E-state index contributed by atoms with van der Waals surface area (Å²) in [6.07, 6.45) is -4.04. The third-order valence-electron chi connectivity index (χ3n) is 3.60. The highest BCUT2D eigenvalue weighted by Crippen LogP contribution is 2.37. The van der Waals surface area contributed by atoms with Gasteiger partial charge in [-0.3, -0.25) is 9.69 Å². The van der Waals surface area contributed by atoms with E-state index in [0.717, 1.165) is 5.56 Å². The number of urea groups is 1. The number of benzene rings is 1. The molecular formula is C13H11F3N2O2. The molecule has 106 valence electrons. The minimum absolute atomic E-state index is 0.264. The number of carbonyl (C=O) groups excluding carboxylic acids is 2. The molecule has 1 fully saturated rings. The summed E-state index contributed by atoms with van der Waals surface area (Å²) in [7, 11) is 0. The Hall–Kier alpha value is -2.05. The van der Waals surface area contributed by atoms with Gasteiger partial charge in [-0.05, 0) is 17.5 Å². The maximum absolute atomic E-state index is 12.5. The van der Waals surface area contributed by atoms with Crippen molar-refractivity contribution in [2.45, 2.75) is 18.6 Å². The van der Waals surface area contributed by atoms with Gasteiger partial charge in [-0.1, -0.05) is 24.3 Å². The molecule has 0 saturated carbocycles. The second-order valence-corrected chi connectivity index (χ2v) is 4.87. The van der Waals surface area contributed by atoms with E-state index in [0.29, 0.717) is 16.9 Å². The van der Waals surface area contributed by atoms with Gasteiger partial charge in [-0.2, -0.15) is 13.2 Å². The molecule has 1 atom stereocenters. The van der Waals surface area contributed by atoms with Gasteiger partial charge in [0, 0.05) is 6.54 Å². The lowest BCUT2D eigenvalue weighted by molar-refractivity contribution is -0.153. The Morgan fingerprint density at radius 2 is 1.90 bits per heavy atom. The van der Waals surface area contributed by atoms with Gasteiger partial charge >= 0.3 is 12.2 Å². The summed E-state index contributed by atoms with van der Waals surface area (Å²) in [5, 5.41) is 0. The van der Waals surface area contributed by atoms with Crippen LogP contribution in [0, 0.1) is 0 Å². The van der Waals surface area contributed by atoms with Crippen molar-refractivity contribution in [3.8, 4) is 0 Å². The third kappa shape index (κ3) is 1.93. The van der Waals surface area contributed by atoms with Crippen LogP contribution in [0.5, 0.6) is 0 Å². The van der Waals surface area contributed by atoms with Gasteiger partial charge in [-0.25, -0.2) is 4.79 Å². The molecule has 2 aliphatic heterocycles. The molecular weight excluding hydrogens is 273 g/mol. The zero-order valence-corrected chi connectivity index (χ0v) is 10.4. The lowest BCUT2D eigenvalue weighted by Crippen LogP contribution is -2.40. The summed E-state index contributed by atoms with van der Waals surface area (Å²) in [4.78, 5) is 25.6. The van der Waals surface area contributed by atoms with Crippen LogP contribution >= 0.6 is 0 Å². The molecule has 7 heteroatoms. The number of halogens is 3. The molecule has 3 amide bonds. The minimum Gasteiger partial charge on any atom is -0.308 e. The van der Waals surface area contributed by atoms with Gasteiger partial charge < -0.3 is 4.90 Å². The fraction of sp³-hybridized carbons (Fsp3) is 0.385. The summed E-state index contributed by atoms with van der Waals surface area (Å²) in [5.41, 5.74) is 1.53. The monoisotopic (exact) mass is 284 g/mol. The predicted molar refractivity (Wildman–Crippen MR) is 62.8 cm³/mol. The Morgan fingerprint density at radius 3 is 2.60 bits per heavy atom. The quantitative estimate of drug-likeness (QED) is 0.741. The number of fused-ring (bicyclic) bond motifs is 3. The highest BCUT2D eigenvalue weighted by Gasteiger charge is 2.51. The average molecular weight is 284 g/mol. The average Bonchev–Trinajstić information content (AvgIpc) is 2.62. The van der Waals surface area contributed by atoms with Crippen LogP contribution in [0.25, 0.3) is 0 Å². The van der Waals surface area contributed by atoms with Crippen LogP contribution in [0.3, 0.4) is 0 Å². The summed E-state index contributed by atoms with van der Waals surface area (Å²) in [5.74, 6) is -0.792. The van der Waals surface area contributed by atoms with Crippen molar-refractivity contribution in [1.29, 1.82) is 0 Å². The maximum atomic E-state index is 12.5. The standard InChI is InChI=1S/C13H11F3N2O2/c14-13(15,16)7-18-11(19)10-9-4-2-1-3-8(9)5-6-17(10)12(18)20/h1-4,10H,5-7H2. The van der Waals surface area contributed by atoms with Crippen molar-refractivity contribution in [1.82, 2.24) is 9.80 Å². The normalized spacial score (nSPS) is 22.1. The first-order valence-electron chi connectivity index (χ1n) is 6.15. The van der Waals surface area contributed by atoms with Crippen LogP contribution in [0.15, 0.2) is 24.3 Å². The molecule has 0 aliphatic carbocycles. The number of nitrogens with zero attached hydrogens (tertiary/aromatic N) is 2. The van der Waals surface area contributed by atoms with E-state index in [-0.39, 0.29) is 6.54 Å².